The van der Waals surface area contributed by atoms with Crippen LogP contribution in [0.25, 0.3) is 0 Å². The number of aromatic nitrogens is 2. The Bertz CT molecular complexity index is 390. The highest BCUT2D eigenvalue weighted by Gasteiger charge is 2.08. The van der Waals surface area contributed by atoms with Crippen molar-refractivity contribution in [1.82, 2.24) is 15.3 Å². The van der Waals surface area contributed by atoms with Crippen molar-refractivity contribution >= 4 is 0 Å². The molecule has 0 aromatic carbocycles. The van der Waals surface area contributed by atoms with E-state index in [1.165, 1.54) is 0 Å². The Morgan fingerprint density at radius 2 is 1.57 bits per heavy atom. The van der Waals surface area contributed by atoms with Crippen LogP contribution in [0.5, 0.6) is 0 Å². The van der Waals surface area contributed by atoms with Gasteiger partial charge in [0.05, 0.1) is 26.4 Å². The molecular weight excluding hydrogens is 270 g/mol. The van der Waals surface area contributed by atoms with Crippen molar-refractivity contribution in [2.75, 3.05) is 47.2 Å². The maximum absolute atomic E-state index is 5.45. The Labute approximate surface area is 127 Å². The Morgan fingerprint density at radius 3 is 2.19 bits per heavy atom. The second-order valence-electron chi connectivity index (χ2n) is 4.81. The third kappa shape index (κ3) is 6.95. The summed E-state index contributed by atoms with van der Waals surface area (Å²) in [7, 11) is 3.36. The van der Waals surface area contributed by atoms with E-state index in [0.717, 1.165) is 42.3 Å². The SMILES string of the molecule is COCCNCc1c(C)nc(CCOCCOC)nc1C. The van der Waals surface area contributed by atoms with Crippen molar-refractivity contribution in [3.63, 3.8) is 0 Å². The minimum Gasteiger partial charge on any atom is -0.383 e. The molecule has 1 N–H and O–H groups in total. The number of hydrogen-bond acceptors (Lipinski definition) is 6. The van der Waals surface area contributed by atoms with Gasteiger partial charge in [-0.25, -0.2) is 9.97 Å². The van der Waals surface area contributed by atoms with Crippen LogP contribution < -0.4 is 5.32 Å². The summed E-state index contributed by atoms with van der Waals surface area (Å²) in [5.41, 5.74) is 3.22. The van der Waals surface area contributed by atoms with Gasteiger partial charge >= 0.3 is 0 Å². The summed E-state index contributed by atoms with van der Waals surface area (Å²) < 4.78 is 15.4. The highest BCUT2D eigenvalue weighted by molar-refractivity contribution is 5.24. The van der Waals surface area contributed by atoms with E-state index in [1.807, 2.05) is 13.8 Å². The first kappa shape index (κ1) is 18.0. The molecule has 0 aliphatic rings. The van der Waals surface area contributed by atoms with Crippen LogP contribution in [0.3, 0.4) is 0 Å². The van der Waals surface area contributed by atoms with E-state index in [2.05, 4.69) is 15.3 Å². The molecule has 6 nitrogen and oxygen atoms in total. The van der Waals surface area contributed by atoms with E-state index < -0.39 is 0 Å². The summed E-state index contributed by atoms with van der Waals surface area (Å²) in [6.07, 6.45) is 0.725. The molecule has 0 fully saturated rings. The van der Waals surface area contributed by atoms with Crippen LogP contribution >= 0.6 is 0 Å². The van der Waals surface area contributed by atoms with Crippen LogP contribution in [0.2, 0.25) is 0 Å². The van der Waals surface area contributed by atoms with Gasteiger partial charge in [0.1, 0.15) is 5.82 Å². The molecule has 6 heteroatoms. The van der Waals surface area contributed by atoms with Gasteiger partial charge in [-0.1, -0.05) is 0 Å². The summed E-state index contributed by atoms with van der Waals surface area (Å²) >= 11 is 0. The van der Waals surface area contributed by atoms with Gasteiger partial charge in [0.15, 0.2) is 0 Å². The molecule has 0 aliphatic carbocycles. The van der Waals surface area contributed by atoms with Crippen LogP contribution in [0.4, 0.5) is 0 Å². The molecule has 1 aromatic heterocycles. The number of rotatable bonds is 11. The summed E-state index contributed by atoms with van der Waals surface area (Å²) in [5, 5.41) is 3.33. The fourth-order valence-corrected chi connectivity index (χ4v) is 1.97. The minimum absolute atomic E-state index is 0.607. The second kappa shape index (κ2) is 10.6. The monoisotopic (exact) mass is 297 g/mol. The molecule has 120 valence electrons. The predicted molar refractivity (Wildman–Crippen MR) is 81.5 cm³/mol. The zero-order valence-electron chi connectivity index (χ0n) is 13.6. The van der Waals surface area contributed by atoms with Crippen LogP contribution in [0, 0.1) is 13.8 Å². The number of nitrogens with one attached hydrogen (secondary N) is 1. The van der Waals surface area contributed by atoms with Crippen molar-refractivity contribution in [3.05, 3.63) is 22.8 Å². The molecular formula is C15H27N3O3. The van der Waals surface area contributed by atoms with E-state index in [1.54, 1.807) is 14.2 Å². The molecule has 0 radical (unpaired) electrons. The van der Waals surface area contributed by atoms with Crippen LogP contribution in [0.15, 0.2) is 0 Å². The maximum atomic E-state index is 5.45. The van der Waals surface area contributed by atoms with Gasteiger partial charge < -0.3 is 19.5 Å². The zero-order chi connectivity index (χ0) is 15.5. The van der Waals surface area contributed by atoms with Gasteiger partial charge in [-0.05, 0) is 13.8 Å². The largest absolute Gasteiger partial charge is 0.383 e. The highest BCUT2D eigenvalue weighted by Crippen LogP contribution is 2.10. The Hall–Kier alpha value is -1.08. The average Bonchev–Trinajstić information content (AvgIpc) is 2.45. The summed E-state index contributed by atoms with van der Waals surface area (Å²) in [6.45, 7) is 8.19. The molecule has 0 atom stereocenters. The van der Waals surface area contributed by atoms with Crippen LogP contribution in [-0.4, -0.2) is 57.2 Å². The molecule has 0 saturated heterocycles. The molecule has 0 unspecified atom stereocenters. The molecule has 1 rings (SSSR count). The van der Waals surface area contributed by atoms with E-state index >= 15 is 0 Å². The fourth-order valence-electron chi connectivity index (χ4n) is 1.97. The van der Waals surface area contributed by atoms with Gasteiger partial charge in [-0.3, -0.25) is 0 Å². The van der Waals surface area contributed by atoms with Crippen LogP contribution in [0.1, 0.15) is 22.8 Å². The third-order valence-electron chi connectivity index (χ3n) is 3.15. The maximum Gasteiger partial charge on any atom is 0.131 e. The lowest BCUT2D eigenvalue weighted by Gasteiger charge is -2.12. The summed E-state index contributed by atoms with van der Waals surface area (Å²) in [6, 6.07) is 0. The molecule has 0 bridgehead atoms. The summed E-state index contributed by atoms with van der Waals surface area (Å²) in [4.78, 5) is 9.11. The van der Waals surface area contributed by atoms with E-state index in [-0.39, 0.29) is 0 Å². The standard InChI is InChI=1S/C15H27N3O3/c1-12-14(11-16-6-8-19-3)13(2)18-15(17-12)5-7-21-10-9-20-4/h16H,5-11H2,1-4H3. The number of ether oxygens (including phenoxy) is 3. The first-order chi connectivity index (χ1) is 10.2. The lowest BCUT2D eigenvalue weighted by molar-refractivity contribution is 0.0716. The van der Waals surface area contributed by atoms with Crippen molar-refractivity contribution in [2.45, 2.75) is 26.8 Å². The number of hydrogen-bond donors (Lipinski definition) is 1. The summed E-state index contributed by atoms with van der Waals surface area (Å²) in [5.74, 6) is 0.836. The lowest BCUT2D eigenvalue weighted by atomic mass is 10.1. The second-order valence-corrected chi connectivity index (χ2v) is 4.81. The van der Waals surface area contributed by atoms with E-state index in [0.29, 0.717) is 26.4 Å². The van der Waals surface area contributed by atoms with Gasteiger partial charge in [0.25, 0.3) is 0 Å². The zero-order valence-corrected chi connectivity index (χ0v) is 13.6. The Kier molecular flexibility index (Phi) is 9.09. The van der Waals surface area contributed by atoms with Gasteiger partial charge in [-0.2, -0.15) is 0 Å². The van der Waals surface area contributed by atoms with E-state index in [4.69, 9.17) is 14.2 Å². The first-order valence-electron chi connectivity index (χ1n) is 7.28. The first-order valence-corrected chi connectivity index (χ1v) is 7.28. The smallest absolute Gasteiger partial charge is 0.131 e. The average molecular weight is 297 g/mol. The molecule has 1 aromatic rings. The van der Waals surface area contributed by atoms with Gasteiger partial charge in [-0.15, -0.1) is 0 Å². The molecule has 0 spiro atoms. The normalized spacial score (nSPS) is 11.0. The Balaban J connectivity index is 2.46. The minimum atomic E-state index is 0.607. The molecule has 0 aliphatic heterocycles. The number of aryl methyl sites for hydroxylation is 2. The topological polar surface area (TPSA) is 65.5 Å². The molecule has 1 heterocycles. The predicted octanol–water partition coefficient (Wildman–Crippen LogP) is 1.03. The molecule has 0 amide bonds. The third-order valence-corrected chi connectivity index (χ3v) is 3.15. The van der Waals surface area contributed by atoms with E-state index in [9.17, 15) is 0 Å². The van der Waals surface area contributed by atoms with Crippen molar-refractivity contribution < 1.29 is 14.2 Å². The fraction of sp³-hybridized carbons (Fsp3) is 0.733. The Morgan fingerprint density at radius 1 is 0.905 bits per heavy atom. The molecule has 0 saturated carbocycles. The quantitative estimate of drug-likeness (QED) is 0.616. The number of methoxy groups -OCH3 is 2. The van der Waals surface area contributed by atoms with Crippen molar-refractivity contribution in [2.24, 2.45) is 0 Å². The lowest BCUT2D eigenvalue weighted by Crippen LogP contribution is -2.21. The van der Waals surface area contributed by atoms with Crippen molar-refractivity contribution in [1.29, 1.82) is 0 Å². The van der Waals surface area contributed by atoms with Gasteiger partial charge in [0, 0.05) is 50.7 Å². The van der Waals surface area contributed by atoms with Gasteiger partial charge in [0.2, 0.25) is 0 Å². The van der Waals surface area contributed by atoms with Crippen LogP contribution in [-0.2, 0) is 27.2 Å². The number of nitrogens with zero attached hydrogens (tertiary/aromatic N) is 2. The van der Waals surface area contributed by atoms with Crippen molar-refractivity contribution in [3.8, 4) is 0 Å². The molecule has 21 heavy (non-hydrogen) atoms. The highest BCUT2D eigenvalue weighted by atomic mass is 16.5.